The average Bonchev–Trinajstić information content (AvgIpc) is 3.10. The minimum atomic E-state index is 0.0416. The molecule has 3 rings (SSSR count). The summed E-state index contributed by atoms with van der Waals surface area (Å²) in [5.41, 5.74) is 0. The van der Waals surface area contributed by atoms with Gasteiger partial charge in [-0.05, 0) is 26.2 Å². The molecular formula is C16H27N3O2S. The van der Waals surface area contributed by atoms with E-state index in [1.165, 1.54) is 17.8 Å². The molecule has 2 aliphatic heterocycles. The Hall–Kier alpha value is -0.530. The summed E-state index contributed by atoms with van der Waals surface area (Å²) < 4.78 is 11.4. The summed E-state index contributed by atoms with van der Waals surface area (Å²) in [7, 11) is 0. The van der Waals surface area contributed by atoms with Crippen LogP contribution in [-0.4, -0.2) is 67.0 Å². The first-order valence-corrected chi connectivity index (χ1v) is 9.30. The molecule has 0 bridgehead atoms. The van der Waals surface area contributed by atoms with Crippen LogP contribution in [0.3, 0.4) is 0 Å². The van der Waals surface area contributed by atoms with Crippen LogP contribution in [0.4, 0.5) is 0 Å². The van der Waals surface area contributed by atoms with Crippen LogP contribution in [0.2, 0.25) is 0 Å². The average molecular weight is 325 g/mol. The lowest BCUT2D eigenvalue weighted by molar-refractivity contribution is -0.164. The zero-order chi connectivity index (χ0) is 15.2. The van der Waals surface area contributed by atoms with Crippen molar-refractivity contribution in [3.8, 4) is 0 Å². The first kappa shape index (κ1) is 16.3. The predicted octanol–water partition coefficient (Wildman–Crippen LogP) is 2.36. The van der Waals surface area contributed by atoms with E-state index in [-0.39, 0.29) is 6.29 Å². The fourth-order valence-electron chi connectivity index (χ4n) is 3.13. The van der Waals surface area contributed by atoms with Gasteiger partial charge in [0.15, 0.2) is 6.29 Å². The van der Waals surface area contributed by atoms with Crippen LogP contribution in [0.25, 0.3) is 0 Å². The maximum absolute atomic E-state index is 5.83. The van der Waals surface area contributed by atoms with Gasteiger partial charge in [0.25, 0.3) is 0 Å². The predicted molar refractivity (Wildman–Crippen MR) is 88.1 cm³/mol. The summed E-state index contributed by atoms with van der Waals surface area (Å²) in [5, 5.41) is 3.29. The van der Waals surface area contributed by atoms with E-state index in [1.54, 1.807) is 11.3 Å². The normalized spacial score (nSPS) is 26.1. The molecule has 2 atom stereocenters. The van der Waals surface area contributed by atoms with E-state index in [9.17, 15) is 0 Å². The molecule has 0 aliphatic carbocycles. The fourth-order valence-corrected chi connectivity index (χ4v) is 3.86. The second-order valence-electron chi connectivity index (χ2n) is 6.09. The molecule has 0 unspecified atom stereocenters. The molecule has 0 saturated carbocycles. The quantitative estimate of drug-likeness (QED) is 0.803. The summed E-state index contributed by atoms with van der Waals surface area (Å²) in [4.78, 5) is 9.46. The third-order valence-corrected chi connectivity index (χ3v) is 5.56. The highest BCUT2D eigenvalue weighted by atomic mass is 32.1. The van der Waals surface area contributed by atoms with E-state index < -0.39 is 0 Å². The summed E-state index contributed by atoms with van der Waals surface area (Å²) in [6, 6.07) is 0.439. The van der Waals surface area contributed by atoms with Crippen LogP contribution in [0, 0.1) is 0 Å². The molecular weight excluding hydrogens is 298 g/mol. The van der Waals surface area contributed by atoms with Gasteiger partial charge in [-0.2, -0.15) is 0 Å². The van der Waals surface area contributed by atoms with Crippen LogP contribution >= 0.6 is 11.3 Å². The van der Waals surface area contributed by atoms with Crippen LogP contribution in [0.5, 0.6) is 0 Å². The first-order valence-electron chi connectivity index (χ1n) is 8.42. The third kappa shape index (κ3) is 4.49. The van der Waals surface area contributed by atoms with Gasteiger partial charge in [-0.25, -0.2) is 4.98 Å². The van der Waals surface area contributed by atoms with Gasteiger partial charge in [-0.1, -0.05) is 0 Å². The monoisotopic (exact) mass is 325 g/mol. The molecule has 0 radical (unpaired) electrons. The molecule has 22 heavy (non-hydrogen) atoms. The number of nitrogens with zero attached hydrogens (tertiary/aromatic N) is 3. The summed E-state index contributed by atoms with van der Waals surface area (Å²) >= 11 is 1.75. The number of rotatable bonds is 6. The van der Waals surface area contributed by atoms with Gasteiger partial charge in [-0.3, -0.25) is 9.80 Å². The molecule has 5 nitrogen and oxygen atoms in total. The Morgan fingerprint density at radius 3 is 2.91 bits per heavy atom. The zero-order valence-corrected chi connectivity index (χ0v) is 14.3. The van der Waals surface area contributed by atoms with Crippen molar-refractivity contribution in [2.75, 3.05) is 45.9 Å². The van der Waals surface area contributed by atoms with Gasteiger partial charge in [0.2, 0.25) is 0 Å². The molecule has 6 heteroatoms. The Balaban J connectivity index is 1.33. The molecule has 0 N–H and O–H groups in total. The molecule has 0 aromatic carbocycles. The van der Waals surface area contributed by atoms with Crippen LogP contribution in [0.1, 0.15) is 37.2 Å². The van der Waals surface area contributed by atoms with Crippen molar-refractivity contribution < 1.29 is 9.47 Å². The van der Waals surface area contributed by atoms with Gasteiger partial charge in [0.05, 0.1) is 12.6 Å². The van der Waals surface area contributed by atoms with Crippen molar-refractivity contribution in [1.29, 1.82) is 0 Å². The Kier molecular flexibility index (Phi) is 6.20. The highest BCUT2D eigenvalue weighted by Gasteiger charge is 2.23. The summed E-state index contributed by atoms with van der Waals surface area (Å²) in [6.07, 6.45) is 5.41. The van der Waals surface area contributed by atoms with Crippen LogP contribution < -0.4 is 0 Å². The minimum Gasteiger partial charge on any atom is -0.353 e. The number of ether oxygens (including phenoxy) is 2. The van der Waals surface area contributed by atoms with Gasteiger partial charge < -0.3 is 9.47 Å². The van der Waals surface area contributed by atoms with E-state index in [2.05, 4.69) is 27.1 Å². The van der Waals surface area contributed by atoms with E-state index in [0.717, 1.165) is 52.4 Å². The Bertz CT molecular complexity index is 415. The molecule has 1 aromatic heterocycles. The third-order valence-electron chi connectivity index (χ3n) is 4.61. The van der Waals surface area contributed by atoms with E-state index in [1.807, 2.05) is 6.20 Å². The highest BCUT2D eigenvalue weighted by Crippen LogP contribution is 2.23. The fraction of sp³-hybridized carbons (Fsp3) is 0.812. The van der Waals surface area contributed by atoms with Crippen LogP contribution in [0.15, 0.2) is 11.6 Å². The molecule has 2 saturated heterocycles. The Morgan fingerprint density at radius 1 is 1.36 bits per heavy atom. The lowest BCUT2D eigenvalue weighted by Crippen LogP contribution is -2.48. The van der Waals surface area contributed by atoms with E-state index in [4.69, 9.17) is 9.47 Å². The van der Waals surface area contributed by atoms with Gasteiger partial charge in [0, 0.05) is 50.9 Å². The van der Waals surface area contributed by atoms with E-state index >= 15 is 0 Å². The lowest BCUT2D eigenvalue weighted by atomic mass is 10.2. The first-order chi connectivity index (χ1) is 10.8. The number of hydrogen-bond donors (Lipinski definition) is 0. The molecule has 2 fully saturated rings. The summed E-state index contributed by atoms with van der Waals surface area (Å²) in [6.45, 7) is 9.37. The molecule has 3 heterocycles. The van der Waals surface area contributed by atoms with Gasteiger partial charge >= 0.3 is 0 Å². The minimum absolute atomic E-state index is 0.0416. The largest absolute Gasteiger partial charge is 0.353 e. The SMILES string of the molecule is C[C@@H](c1nccs1)N1CCN(CCO[C@H]2CCCCO2)CC1. The Labute approximate surface area is 137 Å². The van der Waals surface area contributed by atoms with Crippen molar-refractivity contribution in [3.05, 3.63) is 16.6 Å². The number of piperazine rings is 1. The number of thiazole rings is 1. The lowest BCUT2D eigenvalue weighted by Gasteiger charge is -2.37. The van der Waals surface area contributed by atoms with Crippen molar-refractivity contribution in [1.82, 2.24) is 14.8 Å². The molecule has 0 amide bonds. The maximum Gasteiger partial charge on any atom is 0.157 e. The van der Waals surface area contributed by atoms with Gasteiger partial charge in [0.1, 0.15) is 5.01 Å². The van der Waals surface area contributed by atoms with E-state index in [0.29, 0.717) is 6.04 Å². The van der Waals surface area contributed by atoms with Gasteiger partial charge in [-0.15, -0.1) is 11.3 Å². The highest BCUT2D eigenvalue weighted by molar-refractivity contribution is 7.09. The zero-order valence-electron chi connectivity index (χ0n) is 13.4. The molecule has 1 aromatic rings. The van der Waals surface area contributed by atoms with Crippen molar-refractivity contribution >= 4 is 11.3 Å². The number of hydrogen-bond acceptors (Lipinski definition) is 6. The smallest absolute Gasteiger partial charge is 0.157 e. The Morgan fingerprint density at radius 2 is 2.23 bits per heavy atom. The maximum atomic E-state index is 5.83. The second-order valence-corrected chi connectivity index (χ2v) is 7.02. The van der Waals surface area contributed by atoms with Crippen molar-refractivity contribution in [3.63, 3.8) is 0 Å². The standard InChI is InChI=1S/C16H27N3O2S/c1-14(16-17-5-13-22-16)19-8-6-18(7-9-19)10-12-21-15-4-2-3-11-20-15/h5,13-15H,2-4,6-12H2,1H3/t14-,15-/m0/s1. The van der Waals surface area contributed by atoms with Crippen molar-refractivity contribution in [2.24, 2.45) is 0 Å². The molecule has 2 aliphatic rings. The van der Waals surface area contributed by atoms with Crippen LogP contribution in [-0.2, 0) is 9.47 Å². The second kappa shape index (κ2) is 8.36. The molecule has 0 spiro atoms. The molecule has 124 valence electrons. The topological polar surface area (TPSA) is 37.8 Å². The number of aromatic nitrogens is 1. The van der Waals surface area contributed by atoms with Crippen molar-refractivity contribution in [2.45, 2.75) is 38.5 Å². The summed E-state index contributed by atoms with van der Waals surface area (Å²) in [5.74, 6) is 0.